The van der Waals surface area contributed by atoms with Crippen LogP contribution in [0.4, 0.5) is 5.69 Å². The van der Waals surface area contributed by atoms with Gasteiger partial charge in [0.15, 0.2) is 0 Å². The molecular formula is C15H11Cl2NO3S. The second kappa shape index (κ2) is 5.57. The standard InChI is InChI=1S/C15H11Cl2NO3S/c16-12-3-6-14-11(9-12)7-8-18(14)22(20,21)13-4-1-10(2-5-13)15(17)19/h1-6,9H,7-8H2. The van der Waals surface area contributed by atoms with E-state index in [-0.39, 0.29) is 10.5 Å². The van der Waals surface area contributed by atoms with E-state index in [2.05, 4.69) is 0 Å². The Balaban J connectivity index is 2.00. The lowest BCUT2D eigenvalue weighted by atomic mass is 10.2. The van der Waals surface area contributed by atoms with Crippen molar-refractivity contribution in [1.29, 1.82) is 0 Å². The minimum Gasteiger partial charge on any atom is -0.276 e. The van der Waals surface area contributed by atoms with Gasteiger partial charge in [-0.05, 0) is 66.0 Å². The first kappa shape index (κ1) is 15.3. The van der Waals surface area contributed by atoms with Crippen LogP contribution in [-0.2, 0) is 16.4 Å². The van der Waals surface area contributed by atoms with E-state index in [1.807, 2.05) is 0 Å². The molecule has 0 bridgehead atoms. The summed E-state index contributed by atoms with van der Waals surface area (Å²) in [7, 11) is -3.67. The first-order valence-corrected chi connectivity index (χ1v) is 8.70. The second-order valence-electron chi connectivity index (χ2n) is 4.90. The number of carbonyl (C=O) groups excluding carboxylic acids is 1. The summed E-state index contributed by atoms with van der Waals surface area (Å²) in [5.74, 6) is 0. The van der Waals surface area contributed by atoms with Gasteiger partial charge in [-0.25, -0.2) is 8.42 Å². The Kier molecular flexibility index (Phi) is 3.89. The molecule has 114 valence electrons. The van der Waals surface area contributed by atoms with Crippen LogP contribution in [0.25, 0.3) is 0 Å². The van der Waals surface area contributed by atoms with Gasteiger partial charge in [0.25, 0.3) is 15.3 Å². The Bertz CT molecular complexity index is 848. The molecule has 2 aromatic carbocycles. The third-order valence-electron chi connectivity index (χ3n) is 3.56. The molecule has 0 spiro atoms. The van der Waals surface area contributed by atoms with E-state index < -0.39 is 15.3 Å². The molecule has 3 rings (SSSR count). The normalized spacial score (nSPS) is 14.0. The fourth-order valence-electron chi connectivity index (χ4n) is 2.47. The van der Waals surface area contributed by atoms with Gasteiger partial charge < -0.3 is 0 Å². The quantitative estimate of drug-likeness (QED) is 0.792. The smallest absolute Gasteiger partial charge is 0.264 e. The average molecular weight is 356 g/mol. The highest BCUT2D eigenvalue weighted by molar-refractivity contribution is 7.92. The molecule has 0 fully saturated rings. The third-order valence-corrected chi connectivity index (χ3v) is 5.84. The molecule has 0 saturated carbocycles. The molecule has 0 radical (unpaired) electrons. The molecule has 1 heterocycles. The van der Waals surface area contributed by atoms with Crippen LogP contribution >= 0.6 is 23.2 Å². The summed E-state index contributed by atoms with van der Waals surface area (Å²) in [5.41, 5.74) is 1.81. The van der Waals surface area contributed by atoms with Crippen molar-refractivity contribution < 1.29 is 13.2 Å². The van der Waals surface area contributed by atoms with Gasteiger partial charge in [-0.15, -0.1) is 0 Å². The summed E-state index contributed by atoms with van der Waals surface area (Å²) >= 11 is 11.3. The van der Waals surface area contributed by atoms with E-state index in [9.17, 15) is 13.2 Å². The first-order chi connectivity index (χ1) is 10.4. The van der Waals surface area contributed by atoms with Crippen LogP contribution in [0.15, 0.2) is 47.4 Å². The number of sulfonamides is 1. The summed E-state index contributed by atoms with van der Waals surface area (Å²) in [6.07, 6.45) is 0.618. The van der Waals surface area contributed by atoms with Crippen LogP contribution in [0.2, 0.25) is 5.02 Å². The highest BCUT2D eigenvalue weighted by atomic mass is 35.5. The highest BCUT2D eigenvalue weighted by Crippen LogP contribution is 2.34. The molecule has 0 atom stereocenters. The largest absolute Gasteiger partial charge is 0.276 e. The average Bonchev–Trinajstić information content (AvgIpc) is 2.91. The number of carbonyl (C=O) groups is 1. The fraction of sp³-hybridized carbons (Fsp3) is 0.133. The lowest BCUT2D eigenvalue weighted by molar-refractivity contribution is 0.108. The number of nitrogens with zero attached hydrogens (tertiary/aromatic N) is 1. The molecule has 0 aromatic heterocycles. The molecule has 7 heteroatoms. The van der Waals surface area contributed by atoms with Crippen LogP contribution < -0.4 is 4.31 Å². The Hall–Kier alpha value is -1.56. The Morgan fingerprint density at radius 2 is 1.77 bits per heavy atom. The van der Waals surface area contributed by atoms with Gasteiger partial charge in [0, 0.05) is 17.1 Å². The van der Waals surface area contributed by atoms with Crippen molar-refractivity contribution >= 4 is 44.2 Å². The van der Waals surface area contributed by atoms with Gasteiger partial charge in [-0.1, -0.05) is 11.6 Å². The van der Waals surface area contributed by atoms with Gasteiger partial charge in [0.2, 0.25) is 0 Å². The maximum atomic E-state index is 12.7. The van der Waals surface area contributed by atoms with Crippen molar-refractivity contribution in [1.82, 2.24) is 0 Å². The van der Waals surface area contributed by atoms with Crippen molar-refractivity contribution in [3.05, 3.63) is 58.6 Å². The molecule has 1 aliphatic heterocycles. The number of benzene rings is 2. The van der Waals surface area contributed by atoms with Gasteiger partial charge in [0.1, 0.15) is 0 Å². The summed E-state index contributed by atoms with van der Waals surface area (Å²) in [6.45, 7) is 0.369. The molecule has 0 aliphatic carbocycles. The number of rotatable bonds is 3. The minimum absolute atomic E-state index is 0.122. The van der Waals surface area contributed by atoms with Crippen LogP contribution in [0.1, 0.15) is 15.9 Å². The maximum Gasteiger partial charge on any atom is 0.264 e. The van der Waals surface area contributed by atoms with E-state index in [1.165, 1.54) is 28.6 Å². The van der Waals surface area contributed by atoms with Crippen LogP contribution in [0.5, 0.6) is 0 Å². The van der Waals surface area contributed by atoms with E-state index in [0.717, 1.165) is 5.56 Å². The first-order valence-electron chi connectivity index (χ1n) is 6.50. The minimum atomic E-state index is -3.67. The van der Waals surface area contributed by atoms with E-state index in [1.54, 1.807) is 18.2 Å². The van der Waals surface area contributed by atoms with Crippen LogP contribution in [0.3, 0.4) is 0 Å². The molecule has 0 amide bonds. The monoisotopic (exact) mass is 355 g/mol. The van der Waals surface area contributed by atoms with Gasteiger partial charge >= 0.3 is 0 Å². The molecule has 0 saturated heterocycles. The SMILES string of the molecule is O=C(Cl)c1ccc(S(=O)(=O)N2CCc3cc(Cl)ccc32)cc1. The second-order valence-corrected chi connectivity index (χ2v) is 7.54. The highest BCUT2D eigenvalue weighted by Gasteiger charge is 2.30. The Labute approximate surface area is 138 Å². The molecule has 2 aromatic rings. The van der Waals surface area contributed by atoms with Gasteiger partial charge in [-0.3, -0.25) is 9.10 Å². The lowest BCUT2D eigenvalue weighted by Crippen LogP contribution is -2.29. The summed E-state index contributed by atoms with van der Waals surface area (Å²) in [5, 5.41) is -0.0342. The van der Waals surface area contributed by atoms with Crippen LogP contribution in [-0.4, -0.2) is 20.2 Å². The molecular weight excluding hydrogens is 345 g/mol. The van der Waals surface area contributed by atoms with E-state index in [4.69, 9.17) is 23.2 Å². The van der Waals surface area contributed by atoms with Gasteiger partial charge in [0.05, 0.1) is 10.6 Å². The van der Waals surface area contributed by atoms with Crippen molar-refractivity contribution in [2.45, 2.75) is 11.3 Å². The summed E-state index contributed by atoms with van der Waals surface area (Å²) < 4.78 is 26.8. The number of fused-ring (bicyclic) bond motifs is 1. The van der Waals surface area contributed by atoms with Gasteiger partial charge in [-0.2, -0.15) is 0 Å². The number of hydrogen-bond acceptors (Lipinski definition) is 3. The third kappa shape index (κ3) is 2.60. The van der Waals surface area contributed by atoms with Crippen molar-refractivity contribution in [3.8, 4) is 0 Å². The predicted molar refractivity (Wildman–Crippen MR) is 86.3 cm³/mol. The molecule has 1 aliphatic rings. The predicted octanol–water partition coefficient (Wildman–Crippen LogP) is 3.47. The van der Waals surface area contributed by atoms with Crippen LogP contribution in [0, 0.1) is 0 Å². The zero-order chi connectivity index (χ0) is 15.9. The summed E-state index contributed by atoms with van der Waals surface area (Å²) in [6, 6.07) is 10.7. The van der Waals surface area contributed by atoms with E-state index in [0.29, 0.717) is 23.7 Å². The number of anilines is 1. The number of halogens is 2. The van der Waals surface area contributed by atoms with Crippen molar-refractivity contribution in [3.63, 3.8) is 0 Å². The van der Waals surface area contributed by atoms with E-state index >= 15 is 0 Å². The zero-order valence-electron chi connectivity index (χ0n) is 11.3. The topological polar surface area (TPSA) is 54.5 Å². The number of hydrogen-bond donors (Lipinski definition) is 0. The maximum absolute atomic E-state index is 12.7. The molecule has 0 N–H and O–H groups in total. The Morgan fingerprint density at radius 3 is 2.41 bits per heavy atom. The Morgan fingerprint density at radius 1 is 1.09 bits per heavy atom. The molecule has 4 nitrogen and oxygen atoms in total. The lowest BCUT2D eigenvalue weighted by Gasteiger charge is -2.19. The molecule has 22 heavy (non-hydrogen) atoms. The zero-order valence-corrected chi connectivity index (χ0v) is 13.6. The summed E-state index contributed by atoms with van der Waals surface area (Å²) in [4.78, 5) is 11.2. The fourth-order valence-corrected chi connectivity index (χ4v) is 4.30. The van der Waals surface area contributed by atoms with Crippen molar-refractivity contribution in [2.24, 2.45) is 0 Å². The molecule has 0 unspecified atom stereocenters. The van der Waals surface area contributed by atoms with Crippen molar-refractivity contribution in [2.75, 3.05) is 10.8 Å².